The van der Waals surface area contributed by atoms with Gasteiger partial charge in [-0.05, 0) is 17.7 Å². The molecule has 5 nitrogen and oxygen atoms in total. The standard InChI is InChI=1S/C24H19NO4/c1-29-19-14-8-13-18(15-19)25-21(16-9-4-2-5-10-16)20(23(27)24(25)28)22(26)17-11-6-3-7-12-17/h2-15,21,26H,1H3/b22-20+/t21-/m1/s1. The van der Waals surface area contributed by atoms with Gasteiger partial charge in [0, 0.05) is 17.3 Å². The molecule has 3 aromatic rings. The average Bonchev–Trinajstić information content (AvgIpc) is 3.05. The fourth-order valence-electron chi connectivity index (χ4n) is 3.56. The fourth-order valence-corrected chi connectivity index (χ4v) is 3.56. The molecule has 1 atom stereocenters. The number of nitrogens with zero attached hydrogens (tertiary/aromatic N) is 1. The molecule has 4 rings (SSSR count). The van der Waals surface area contributed by atoms with E-state index in [0.29, 0.717) is 17.0 Å². The maximum Gasteiger partial charge on any atom is 0.300 e. The van der Waals surface area contributed by atoms with E-state index in [2.05, 4.69) is 0 Å². The first kappa shape index (κ1) is 18.5. The highest BCUT2D eigenvalue weighted by Crippen LogP contribution is 2.42. The fraction of sp³-hybridized carbons (Fsp3) is 0.0833. The van der Waals surface area contributed by atoms with Gasteiger partial charge in [-0.2, -0.15) is 0 Å². The normalized spacial score (nSPS) is 18.1. The maximum absolute atomic E-state index is 13.0. The topological polar surface area (TPSA) is 66.8 Å². The van der Waals surface area contributed by atoms with Gasteiger partial charge < -0.3 is 9.84 Å². The second-order valence-electron chi connectivity index (χ2n) is 6.65. The smallest absolute Gasteiger partial charge is 0.300 e. The lowest BCUT2D eigenvalue weighted by atomic mass is 9.95. The van der Waals surface area contributed by atoms with Crippen LogP contribution in [0.1, 0.15) is 17.2 Å². The van der Waals surface area contributed by atoms with Crippen LogP contribution in [0.3, 0.4) is 0 Å². The minimum Gasteiger partial charge on any atom is -0.507 e. The number of hydrogen-bond acceptors (Lipinski definition) is 4. The molecule has 144 valence electrons. The van der Waals surface area contributed by atoms with Crippen molar-refractivity contribution in [1.29, 1.82) is 0 Å². The number of ketones is 1. The van der Waals surface area contributed by atoms with Crippen molar-refractivity contribution >= 4 is 23.1 Å². The summed E-state index contributed by atoms with van der Waals surface area (Å²) >= 11 is 0. The van der Waals surface area contributed by atoms with E-state index >= 15 is 0 Å². The van der Waals surface area contributed by atoms with Crippen LogP contribution >= 0.6 is 0 Å². The number of anilines is 1. The highest BCUT2D eigenvalue weighted by Gasteiger charge is 2.46. The lowest BCUT2D eigenvalue weighted by Gasteiger charge is -2.25. The molecule has 1 aliphatic rings. The monoisotopic (exact) mass is 385 g/mol. The van der Waals surface area contributed by atoms with Crippen LogP contribution in [0.25, 0.3) is 5.76 Å². The molecule has 0 bridgehead atoms. The lowest BCUT2D eigenvalue weighted by molar-refractivity contribution is -0.132. The van der Waals surface area contributed by atoms with E-state index in [1.54, 1.807) is 48.5 Å². The van der Waals surface area contributed by atoms with Crippen LogP contribution in [0.15, 0.2) is 90.5 Å². The summed E-state index contributed by atoms with van der Waals surface area (Å²) in [6.07, 6.45) is 0. The molecule has 0 unspecified atom stereocenters. The Bertz CT molecular complexity index is 1090. The Kier molecular flexibility index (Phi) is 4.87. The molecule has 0 aromatic heterocycles. The van der Waals surface area contributed by atoms with Gasteiger partial charge in [-0.25, -0.2) is 0 Å². The molecule has 0 saturated carbocycles. The van der Waals surface area contributed by atoms with Gasteiger partial charge in [-0.1, -0.05) is 66.7 Å². The summed E-state index contributed by atoms with van der Waals surface area (Å²) in [4.78, 5) is 27.4. The maximum atomic E-state index is 13.0. The largest absolute Gasteiger partial charge is 0.507 e. The second kappa shape index (κ2) is 7.64. The van der Waals surface area contributed by atoms with Crippen LogP contribution in [-0.4, -0.2) is 23.9 Å². The third-order valence-corrected chi connectivity index (χ3v) is 4.94. The van der Waals surface area contributed by atoms with Crippen molar-refractivity contribution in [2.75, 3.05) is 12.0 Å². The summed E-state index contributed by atoms with van der Waals surface area (Å²) in [6, 6.07) is 24.2. The molecular formula is C24H19NO4. The summed E-state index contributed by atoms with van der Waals surface area (Å²) in [7, 11) is 1.54. The van der Waals surface area contributed by atoms with Gasteiger partial charge in [0.15, 0.2) is 0 Å². The number of amides is 1. The van der Waals surface area contributed by atoms with Crippen molar-refractivity contribution < 1.29 is 19.4 Å². The van der Waals surface area contributed by atoms with E-state index < -0.39 is 17.7 Å². The number of benzene rings is 3. The molecule has 1 saturated heterocycles. The van der Waals surface area contributed by atoms with Crippen LogP contribution in [0.5, 0.6) is 5.75 Å². The van der Waals surface area contributed by atoms with E-state index in [4.69, 9.17) is 4.74 Å². The number of aliphatic hydroxyl groups is 1. The minimum atomic E-state index is -0.747. The summed E-state index contributed by atoms with van der Waals surface area (Å²) in [5.41, 5.74) is 1.80. The van der Waals surface area contributed by atoms with Gasteiger partial charge in [0.05, 0.1) is 18.7 Å². The Labute approximate surface area is 168 Å². The molecular weight excluding hydrogens is 366 g/mol. The molecule has 0 spiro atoms. The van der Waals surface area contributed by atoms with Crippen LogP contribution in [0, 0.1) is 0 Å². The highest BCUT2D eigenvalue weighted by atomic mass is 16.5. The minimum absolute atomic E-state index is 0.0650. The summed E-state index contributed by atoms with van der Waals surface area (Å²) < 4.78 is 5.28. The molecule has 1 N–H and O–H groups in total. The van der Waals surface area contributed by atoms with Gasteiger partial charge in [-0.3, -0.25) is 14.5 Å². The summed E-state index contributed by atoms with van der Waals surface area (Å²) in [5, 5.41) is 11.0. The Hall–Kier alpha value is -3.86. The number of Topliss-reactive ketones (excluding diaryl/α,β-unsaturated/α-hetero) is 1. The number of carbonyl (C=O) groups excluding carboxylic acids is 2. The van der Waals surface area contributed by atoms with Crippen molar-refractivity contribution in [3.8, 4) is 5.75 Å². The Morgan fingerprint density at radius 3 is 2.21 bits per heavy atom. The van der Waals surface area contributed by atoms with E-state index in [0.717, 1.165) is 5.56 Å². The van der Waals surface area contributed by atoms with Crippen LogP contribution < -0.4 is 9.64 Å². The number of carbonyl (C=O) groups is 2. The zero-order valence-corrected chi connectivity index (χ0v) is 15.8. The number of ether oxygens (including phenoxy) is 1. The quantitative estimate of drug-likeness (QED) is 0.413. The van der Waals surface area contributed by atoms with Crippen molar-refractivity contribution in [1.82, 2.24) is 0 Å². The predicted octanol–water partition coefficient (Wildman–Crippen LogP) is 4.32. The molecule has 1 fully saturated rings. The molecule has 0 radical (unpaired) electrons. The molecule has 3 aromatic carbocycles. The first-order valence-corrected chi connectivity index (χ1v) is 9.17. The predicted molar refractivity (Wildman–Crippen MR) is 111 cm³/mol. The molecule has 5 heteroatoms. The zero-order chi connectivity index (χ0) is 20.4. The Balaban J connectivity index is 1.94. The first-order valence-electron chi connectivity index (χ1n) is 9.17. The number of methoxy groups -OCH3 is 1. The molecule has 1 heterocycles. The van der Waals surface area contributed by atoms with E-state index in [1.807, 2.05) is 36.4 Å². The number of aliphatic hydroxyl groups excluding tert-OH is 1. The third kappa shape index (κ3) is 3.27. The summed E-state index contributed by atoms with van der Waals surface area (Å²) in [5.74, 6) is -1.03. The van der Waals surface area contributed by atoms with Gasteiger partial charge in [-0.15, -0.1) is 0 Å². The van der Waals surface area contributed by atoms with Gasteiger partial charge in [0.25, 0.3) is 11.7 Å². The highest BCUT2D eigenvalue weighted by molar-refractivity contribution is 6.51. The van der Waals surface area contributed by atoms with Crippen molar-refractivity contribution in [3.05, 3.63) is 102 Å². The molecule has 0 aliphatic carbocycles. The van der Waals surface area contributed by atoms with E-state index in [-0.39, 0.29) is 11.3 Å². The van der Waals surface area contributed by atoms with Crippen LogP contribution in [0.2, 0.25) is 0 Å². The van der Waals surface area contributed by atoms with Crippen molar-refractivity contribution in [2.45, 2.75) is 6.04 Å². The van der Waals surface area contributed by atoms with Crippen molar-refractivity contribution in [2.24, 2.45) is 0 Å². The summed E-state index contributed by atoms with van der Waals surface area (Å²) in [6.45, 7) is 0. The van der Waals surface area contributed by atoms with Crippen molar-refractivity contribution in [3.63, 3.8) is 0 Å². The Morgan fingerprint density at radius 1 is 0.897 bits per heavy atom. The van der Waals surface area contributed by atoms with E-state index in [9.17, 15) is 14.7 Å². The lowest BCUT2D eigenvalue weighted by Crippen LogP contribution is -2.29. The third-order valence-electron chi connectivity index (χ3n) is 4.94. The van der Waals surface area contributed by atoms with Crippen LogP contribution in [0.4, 0.5) is 5.69 Å². The second-order valence-corrected chi connectivity index (χ2v) is 6.65. The molecule has 29 heavy (non-hydrogen) atoms. The number of hydrogen-bond donors (Lipinski definition) is 1. The zero-order valence-electron chi connectivity index (χ0n) is 15.8. The van der Waals surface area contributed by atoms with Gasteiger partial charge in [0.1, 0.15) is 11.5 Å². The molecule has 1 aliphatic heterocycles. The number of rotatable bonds is 4. The SMILES string of the molecule is COc1cccc(N2C(=O)C(=O)/C(=C(/O)c3ccccc3)[C@H]2c2ccccc2)c1. The van der Waals surface area contributed by atoms with E-state index in [1.165, 1.54) is 12.0 Å². The molecule has 1 amide bonds. The Morgan fingerprint density at radius 2 is 1.55 bits per heavy atom. The van der Waals surface area contributed by atoms with Gasteiger partial charge in [0.2, 0.25) is 0 Å². The van der Waals surface area contributed by atoms with Crippen LogP contribution in [-0.2, 0) is 9.59 Å². The first-order chi connectivity index (χ1) is 14.1. The average molecular weight is 385 g/mol. The van der Waals surface area contributed by atoms with Gasteiger partial charge >= 0.3 is 0 Å².